The normalized spacial score (nSPS) is 11.6. The van der Waals surface area contributed by atoms with E-state index in [-0.39, 0.29) is 25.0 Å². The zero-order chi connectivity index (χ0) is 12.7. The fourth-order valence-corrected chi connectivity index (χ4v) is 1.49. The van der Waals surface area contributed by atoms with E-state index in [9.17, 15) is 4.79 Å². The van der Waals surface area contributed by atoms with Crippen molar-refractivity contribution in [1.82, 2.24) is 5.32 Å². The molecule has 3 heteroatoms. The van der Waals surface area contributed by atoms with Crippen LogP contribution in [0.25, 0.3) is 6.08 Å². The lowest BCUT2D eigenvalue weighted by Gasteiger charge is -2.11. The molecular formula is C14H19NO2. The Morgan fingerprint density at radius 1 is 1.35 bits per heavy atom. The fraction of sp³-hybridized carbons (Fsp3) is 0.357. The zero-order valence-electron chi connectivity index (χ0n) is 10.3. The molecule has 0 heterocycles. The largest absolute Gasteiger partial charge is 0.395 e. The summed E-state index contributed by atoms with van der Waals surface area (Å²) in [6, 6.07) is 9.74. The van der Waals surface area contributed by atoms with Gasteiger partial charge in [0, 0.05) is 12.1 Å². The van der Waals surface area contributed by atoms with Gasteiger partial charge in [-0.3, -0.25) is 4.79 Å². The quantitative estimate of drug-likeness (QED) is 0.762. The fourth-order valence-electron chi connectivity index (χ4n) is 1.49. The number of hydrogen-bond acceptors (Lipinski definition) is 2. The summed E-state index contributed by atoms with van der Waals surface area (Å²) in [4.78, 5) is 11.9. The predicted molar refractivity (Wildman–Crippen MR) is 69.4 cm³/mol. The molecule has 3 nitrogen and oxygen atoms in total. The van der Waals surface area contributed by atoms with Gasteiger partial charge in [-0.15, -0.1) is 0 Å². The first-order valence-corrected chi connectivity index (χ1v) is 5.81. The molecule has 0 aliphatic heterocycles. The van der Waals surface area contributed by atoms with Crippen LogP contribution in [0.3, 0.4) is 0 Å². The Morgan fingerprint density at radius 2 is 2.00 bits per heavy atom. The number of nitrogens with one attached hydrogen (secondary N) is 1. The van der Waals surface area contributed by atoms with Gasteiger partial charge in [0.05, 0.1) is 6.61 Å². The van der Waals surface area contributed by atoms with Crippen LogP contribution >= 0.6 is 0 Å². The second-order valence-electron chi connectivity index (χ2n) is 4.14. The number of hydrogen-bond donors (Lipinski definition) is 2. The second-order valence-corrected chi connectivity index (χ2v) is 4.14. The molecule has 0 atom stereocenters. The van der Waals surface area contributed by atoms with Gasteiger partial charge in [-0.2, -0.15) is 0 Å². The summed E-state index contributed by atoms with van der Waals surface area (Å²) in [6.07, 6.45) is 1.89. The van der Waals surface area contributed by atoms with Crippen molar-refractivity contribution in [2.45, 2.75) is 13.8 Å². The van der Waals surface area contributed by atoms with Crippen LogP contribution < -0.4 is 5.32 Å². The average molecular weight is 233 g/mol. The maximum Gasteiger partial charge on any atom is 0.247 e. The van der Waals surface area contributed by atoms with Crippen LogP contribution in [-0.2, 0) is 4.79 Å². The van der Waals surface area contributed by atoms with Crippen LogP contribution in [0.4, 0.5) is 0 Å². The molecule has 0 aliphatic rings. The first-order valence-electron chi connectivity index (χ1n) is 5.81. The minimum Gasteiger partial charge on any atom is -0.395 e. The third kappa shape index (κ3) is 4.41. The van der Waals surface area contributed by atoms with E-state index in [0.717, 1.165) is 11.1 Å². The summed E-state index contributed by atoms with van der Waals surface area (Å²) in [5, 5.41) is 11.4. The van der Waals surface area contributed by atoms with E-state index in [2.05, 4.69) is 5.32 Å². The van der Waals surface area contributed by atoms with Gasteiger partial charge >= 0.3 is 0 Å². The van der Waals surface area contributed by atoms with Crippen LogP contribution in [-0.4, -0.2) is 24.2 Å². The second kappa shape index (κ2) is 6.86. The van der Waals surface area contributed by atoms with E-state index in [0.29, 0.717) is 0 Å². The highest BCUT2D eigenvalue weighted by Gasteiger charge is 2.12. The Bertz CT molecular complexity index is 382. The molecule has 1 aromatic rings. The lowest BCUT2D eigenvalue weighted by Crippen LogP contribution is -2.29. The van der Waals surface area contributed by atoms with Crippen LogP contribution in [0.5, 0.6) is 0 Å². The Kier molecular flexibility index (Phi) is 5.43. The molecule has 1 aromatic carbocycles. The molecule has 0 bridgehead atoms. The third-order valence-corrected chi connectivity index (χ3v) is 2.40. The van der Waals surface area contributed by atoms with Gasteiger partial charge < -0.3 is 10.4 Å². The van der Waals surface area contributed by atoms with Crippen LogP contribution in [0.2, 0.25) is 0 Å². The number of aliphatic hydroxyl groups excluding tert-OH is 1. The number of rotatable bonds is 5. The molecule has 92 valence electrons. The van der Waals surface area contributed by atoms with E-state index in [1.165, 1.54) is 0 Å². The Balaban J connectivity index is 2.86. The molecule has 0 spiro atoms. The van der Waals surface area contributed by atoms with E-state index < -0.39 is 0 Å². The maximum atomic E-state index is 11.9. The predicted octanol–water partition coefficient (Wildman–Crippen LogP) is 1.83. The number of benzene rings is 1. The molecule has 0 aromatic heterocycles. The topological polar surface area (TPSA) is 49.3 Å². The summed E-state index contributed by atoms with van der Waals surface area (Å²) in [5.74, 6) is 0.0341. The summed E-state index contributed by atoms with van der Waals surface area (Å²) in [5.41, 5.74) is 1.74. The first kappa shape index (κ1) is 13.5. The van der Waals surface area contributed by atoms with Crippen molar-refractivity contribution in [3.8, 4) is 0 Å². The van der Waals surface area contributed by atoms with Gasteiger partial charge in [-0.05, 0) is 17.6 Å². The number of carbonyl (C=O) groups is 1. The van der Waals surface area contributed by atoms with Gasteiger partial charge in [0.15, 0.2) is 0 Å². The van der Waals surface area contributed by atoms with Crippen molar-refractivity contribution in [1.29, 1.82) is 0 Å². The molecule has 0 fully saturated rings. The van der Waals surface area contributed by atoms with Crippen molar-refractivity contribution in [2.24, 2.45) is 5.92 Å². The monoisotopic (exact) mass is 233 g/mol. The molecule has 1 amide bonds. The number of amides is 1. The SMILES string of the molecule is CC(C)/C(=C\c1ccccc1)C(=O)NCCO. The maximum absolute atomic E-state index is 11.9. The lowest BCUT2D eigenvalue weighted by molar-refractivity contribution is -0.118. The van der Waals surface area contributed by atoms with Crippen molar-refractivity contribution in [2.75, 3.05) is 13.2 Å². The number of aliphatic hydroxyl groups is 1. The Hall–Kier alpha value is -1.61. The van der Waals surface area contributed by atoms with Crippen molar-refractivity contribution >= 4 is 12.0 Å². The highest BCUT2D eigenvalue weighted by molar-refractivity contribution is 5.98. The molecule has 1 rings (SSSR count). The standard InChI is InChI=1S/C14H19NO2/c1-11(2)13(14(17)15-8-9-16)10-12-6-4-3-5-7-12/h3-7,10-11,16H,8-9H2,1-2H3,(H,15,17)/b13-10+. The third-order valence-electron chi connectivity index (χ3n) is 2.40. The Morgan fingerprint density at radius 3 is 2.53 bits per heavy atom. The van der Waals surface area contributed by atoms with Crippen molar-refractivity contribution in [3.63, 3.8) is 0 Å². The molecular weight excluding hydrogens is 214 g/mol. The minimum absolute atomic E-state index is 0.0392. The molecule has 0 radical (unpaired) electrons. The van der Waals surface area contributed by atoms with E-state index in [1.54, 1.807) is 0 Å². The van der Waals surface area contributed by atoms with E-state index in [1.807, 2.05) is 50.3 Å². The zero-order valence-corrected chi connectivity index (χ0v) is 10.3. The van der Waals surface area contributed by atoms with Gasteiger partial charge in [-0.25, -0.2) is 0 Å². The number of carbonyl (C=O) groups excluding carboxylic acids is 1. The Labute approximate surface area is 102 Å². The first-order chi connectivity index (χ1) is 8.15. The van der Waals surface area contributed by atoms with E-state index in [4.69, 9.17) is 5.11 Å². The van der Waals surface area contributed by atoms with Gasteiger partial charge in [0.2, 0.25) is 5.91 Å². The smallest absolute Gasteiger partial charge is 0.247 e. The highest BCUT2D eigenvalue weighted by Crippen LogP contribution is 2.14. The van der Waals surface area contributed by atoms with Crippen LogP contribution in [0.1, 0.15) is 19.4 Å². The summed E-state index contributed by atoms with van der Waals surface area (Å²) < 4.78 is 0. The van der Waals surface area contributed by atoms with Crippen LogP contribution in [0.15, 0.2) is 35.9 Å². The lowest BCUT2D eigenvalue weighted by atomic mass is 9.99. The van der Waals surface area contributed by atoms with Crippen LogP contribution in [0, 0.1) is 5.92 Å². The van der Waals surface area contributed by atoms with E-state index >= 15 is 0 Å². The summed E-state index contributed by atoms with van der Waals surface area (Å²) in [7, 11) is 0. The molecule has 0 saturated heterocycles. The molecule has 2 N–H and O–H groups in total. The molecule has 0 aliphatic carbocycles. The van der Waals surface area contributed by atoms with Gasteiger partial charge in [0.25, 0.3) is 0 Å². The molecule has 17 heavy (non-hydrogen) atoms. The molecule has 0 saturated carbocycles. The van der Waals surface area contributed by atoms with Gasteiger partial charge in [-0.1, -0.05) is 44.2 Å². The average Bonchev–Trinajstić information content (AvgIpc) is 2.34. The van der Waals surface area contributed by atoms with Crippen molar-refractivity contribution < 1.29 is 9.90 Å². The summed E-state index contributed by atoms with van der Waals surface area (Å²) >= 11 is 0. The minimum atomic E-state index is -0.113. The highest BCUT2D eigenvalue weighted by atomic mass is 16.3. The van der Waals surface area contributed by atoms with Crippen molar-refractivity contribution in [3.05, 3.63) is 41.5 Å². The molecule has 0 unspecified atom stereocenters. The summed E-state index contributed by atoms with van der Waals surface area (Å²) in [6.45, 7) is 4.21. The van der Waals surface area contributed by atoms with Gasteiger partial charge in [0.1, 0.15) is 0 Å².